The minimum Gasteiger partial charge on any atom is -0.496 e. The van der Waals surface area contributed by atoms with Crippen molar-refractivity contribution >= 4 is 11.9 Å². The number of amides is 1. The van der Waals surface area contributed by atoms with Gasteiger partial charge in [0.25, 0.3) is 5.91 Å². The van der Waals surface area contributed by atoms with Gasteiger partial charge < -0.3 is 20.5 Å². The van der Waals surface area contributed by atoms with E-state index >= 15 is 0 Å². The monoisotopic (exact) mass is 291 g/mol. The predicted octanol–water partition coefficient (Wildman–Crippen LogP) is 0.0302. The maximum absolute atomic E-state index is 12.3. The van der Waals surface area contributed by atoms with Gasteiger partial charge in [0.1, 0.15) is 5.75 Å². The fraction of sp³-hybridized carbons (Fsp3) is 0.308. The number of aliphatic hydroxyl groups excluding tert-OH is 1. The van der Waals surface area contributed by atoms with E-state index < -0.39 is 0 Å². The molecule has 0 aliphatic rings. The number of ether oxygens (including phenoxy) is 1. The highest BCUT2D eigenvalue weighted by atomic mass is 16.5. The lowest BCUT2D eigenvalue weighted by Gasteiger charge is -2.21. The molecule has 1 heterocycles. The molecule has 1 aromatic heterocycles. The Kier molecular flexibility index (Phi) is 4.72. The summed E-state index contributed by atoms with van der Waals surface area (Å²) in [6, 6.07) is 7.36. The number of H-pyrrole nitrogens is 1. The van der Waals surface area contributed by atoms with E-state index in [-0.39, 0.29) is 37.4 Å². The molecule has 112 valence electrons. The molecule has 21 heavy (non-hydrogen) atoms. The molecule has 0 atom stereocenters. The third kappa shape index (κ3) is 3.48. The molecule has 0 radical (unpaired) electrons. The van der Waals surface area contributed by atoms with E-state index in [4.69, 9.17) is 15.6 Å². The third-order valence-electron chi connectivity index (χ3n) is 2.92. The molecule has 0 aliphatic carbocycles. The van der Waals surface area contributed by atoms with E-state index in [2.05, 4.69) is 15.2 Å². The molecular weight excluding hydrogens is 274 g/mol. The molecule has 0 aliphatic heterocycles. The average Bonchev–Trinajstić information content (AvgIpc) is 2.93. The number of nitrogens with two attached hydrogens (primary N) is 1. The largest absolute Gasteiger partial charge is 0.496 e. The highest BCUT2D eigenvalue weighted by Crippen LogP contribution is 2.19. The summed E-state index contributed by atoms with van der Waals surface area (Å²) in [5, 5.41) is 15.2. The first-order valence-electron chi connectivity index (χ1n) is 6.35. The Balaban J connectivity index is 2.21. The zero-order chi connectivity index (χ0) is 15.2. The maximum Gasteiger partial charge on any atom is 0.291 e. The van der Waals surface area contributed by atoms with Crippen LogP contribution >= 0.6 is 0 Å². The summed E-state index contributed by atoms with van der Waals surface area (Å²) in [7, 11) is 1.56. The summed E-state index contributed by atoms with van der Waals surface area (Å²) in [6.07, 6.45) is 0. The van der Waals surface area contributed by atoms with Crippen LogP contribution in [0.5, 0.6) is 5.75 Å². The van der Waals surface area contributed by atoms with Gasteiger partial charge in [-0.15, -0.1) is 5.10 Å². The number of para-hydroxylation sites is 1. The molecule has 1 amide bonds. The van der Waals surface area contributed by atoms with Gasteiger partial charge in [0.05, 0.1) is 13.7 Å². The Hall–Kier alpha value is -2.61. The van der Waals surface area contributed by atoms with Crippen LogP contribution in [0.1, 0.15) is 16.2 Å². The number of hydrogen-bond acceptors (Lipinski definition) is 6. The van der Waals surface area contributed by atoms with Gasteiger partial charge >= 0.3 is 0 Å². The van der Waals surface area contributed by atoms with Gasteiger partial charge in [-0.3, -0.25) is 9.89 Å². The van der Waals surface area contributed by atoms with Gasteiger partial charge in [0, 0.05) is 18.7 Å². The van der Waals surface area contributed by atoms with Gasteiger partial charge in [-0.2, -0.15) is 4.98 Å². The molecule has 2 rings (SSSR count). The second kappa shape index (κ2) is 6.71. The first kappa shape index (κ1) is 14.8. The van der Waals surface area contributed by atoms with Crippen LogP contribution in [-0.2, 0) is 6.54 Å². The number of methoxy groups -OCH3 is 1. The number of nitrogen functional groups attached to an aromatic ring is 1. The van der Waals surface area contributed by atoms with Crippen LogP contribution in [0, 0.1) is 0 Å². The number of rotatable bonds is 6. The molecule has 8 nitrogen and oxygen atoms in total. The van der Waals surface area contributed by atoms with Crippen molar-refractivity contribution in [3.8, 4) is 5.75 Å². The molecule has 0 fully saturated rings. The van der Waals surface area contributed by atoms with E-state index in [1.54, 1.807) is 7.11 Å². The Morgan fingerprint density at radius 1 is 1.48 bits per heavy atom. The van der Waals surface area contributed by atoms with Crippen LogP contribution in [-0.4, -0.2) is 51.4 Å². The molecule has 0 bridgehead atoms. The first-order valence-corrected chi connectivity index (χ1v) is 6.35. The van der Waals surface area contributed by atoms with Gasteiger partial charge in [0.15, 0.2) is 0 Å². The number of nitrogens with one attached hydrogen (secondary N) is 1. The predicted molar refractivity (Wildman–Crippen MR) is 75.6 cm³/mol. The smallest absolute Gasteiger partial charge is 0.291 e. The third-order valence-corrected chi connectivity index (χ3v) is 2.92. The van der Waals surface area contributed by atoms with Crippen LogP contribution in [0.25, 0.3) is 0 Å². The minimum absolute atomic E-state index is 0.000380. The van der Waals surface area contributed by atoms with Crippen LogP contribution in [0.15, 0.2) is 24.3 Å². The molecule has 8 heteroatoms. The molecule has 0 spiro atoms. The molecule has 0 saturated carbocycles. The van der Waals surface area contributed by atoms with Gasteiger partial charge in [-0.05, 0) is 6.07 Å². The summed E-state index contributed by atoms with van der Waals surface area (Å²) in [4.78, 5) is 17.6. The number of anilines is 1. The van der Waals surface area contributed by atoms with E-state index in [9.17, 15) is 4.79 Å². The van der Waals surface area contributed by atoms with Crippen molar-refractivity contribution in [3.05, 3.63) is 35.7 Å². The lowest BCUT2D eigenvalue weighted by Crippen LogP contribution is -2.34. The summed E-state index contributed by atoms with van der Waals surface area (Å²) >= 11 is 0. The van der Waals surface area contributed by atoms with Crippen molar-refractivity contribution in [2.75, 3.05) is 26.0 Å². The topological polar surface area (TPSA) is 117 Å². The maximum atomic E-state index is 12.3. The van der Waals surface area contributed by atoms with Crippen molar-refractivity contribution in [3.63, 3.8) is 0 Å². The van der Waals surface area contributed by atoms with Gasteiger partial charge in [-0.25, -0.2) is 0 Å². The number of carbonyl (C=O) groups is 1. The molecule has 0 unspecified atom stereocenters. The number of nitrogens with zero attached hydrogens (tertiary/aromatic N) is 3. The number of carbonyl (C=O) groups excluding carboxylic acids is 1. The number of hydrogen-bond donors (Lipinski definition) is 3. The average molecular weight is 291 g/mol. The van der Waals surface area contributed by atoms with Crippen molar-refractivity contribution < 1.29 is 14.6 Å². The number of aromatic amines is 1. The number of aliphatic hydroxyl groups is 1. The van der Waals surface area contributed by atoms with Crippen LogP contribution < -0.4 is 10.5 Å². The van der Waals surface area contributed by atoms with Gasteiger partial charge in [-0.1, -0.05) is 18.2 Å². The molecule has 4 N–H and O–H groups in total. The van der Waals surface area contributed by atoms with Crippen LogP contribution in [0.3, 0.4) is 0 Å². The van der Waals surface area contributed by atoms with E-state index in [0.29, 0.717) is 5.75 Å². The summed E-state index contributed by atoms with van der Waals surface area (Å²) < 4.78 is 5.26. The van der Waals surface area contributed by atoms with Crippen molar-refractivity contribution in [2.45, 2.75) is 6.54 Å². The van der Waals surface area contributed by atoms with E-state index in [0.717, 1.165) is 5.56 Å². The highest BCUT2D eigenvalue weighted by molar-refractivity contribution is 5.90. The fourth-order valence-corrected chi connectivity index (χ4v) is 1.93. The summed E-state index contributed by atoms with van der Waals surface area (Å²) in [6.45, 7) is 0.284. The normalized spacial score (nSPS) is 10.4. The van der Waals surface area contributed by atoms with Crippen molar-refractivity contribution in [2.24, 2.45) is 0 Å². The van der Waals surface area contributed by atoms with Crippen LogP contribution in [0.2, 0.25) is 0 Å². The Labute approximate surface area is 121 Å². The van der Waals surface area contributed by atoms with Crippen LogP contribution in [0.4, 0.5) is 5.95 Å². The standard InChI is InChI=1S/C13H17N5O3/c1-21-10-5-3-2-4-9(10)8-18(6-7-19)12(20)11-15-13(14)17-16-11/h2-5,19H,6-8H2,1H3,(H3,14,15,16,17). The fourth-order valence-electron chi connectivity index (χ4n) is 1.93. The minimum atomic E-state index is -0.390. The Morgan fingerprint density at radius 2 is 2.24 bits per heavy atom. The Morgan fingerprint density at radius 3 is 2.86 bits per heavy atom. The molecule has 2 aromatic rings. The molecule has 1 aromatic carbocycles. The summed E-state index contributed by atoms with van der Waals surface area (Å²) in [5.74, 6) is 0.319. The van der Waals surface area contributed by atoms with Gasteiger partial charge in [0.2, 0.25) is 11.8 Å². The second-order valence-electron chi connectivity index (χ2n) is 4.30. The quantitative estimate of drug-likeness (QED) is 0.691. The first-order chi connectivity index (χ1) is 10.2. The Bertz CT molecular complexity index is 613. The zero-order valence-corrected chi connectivity index (χ0v) is 11.6. The second-order valence-corrected chi connectivity index (χ2v) is 4.30. The SMILES string of the molecule is COc1ccccc1CN(CCO)C(=O)c1nc(N)n[nH]1. The van der Waals surface area contributed by atoms with E-state index in [1.807, 2.05) is 24.3 Å². The lowest BCUT2D eigenvalue weighted by molar-refractivity contribution is 0.0695. The number of benzene rings is 1. The summed E-state index contributed by atoms with van der Waals surface area (Å²) in [5.41, 5.74) is 6.22. The highest BCUT2D eigenvalue weighted by Gasteiger charge is 2.20. The van der Waals surface area contributed by atoms with Crippen molar-refractivity contribution in [1.82, 2.24) is 20.1 Å². The van der Waals surface area contributed by atoms with E-state index in [1.165, 1.54) is 4.90 Å². The zero-order valence-electron chi connectivity index (χ0n) is 11.6. The molecular formula is C13H17N5O3. The van der Waals surface area contributed by atoms with Crippen molar-refractivity contribution in [1.29, 1.82) is 0 Å². The lowest BCUT2D eigenvalue weighted by atomic mass is 10.2. The molecule has 0 saturated heterocycles. The number of aromatic nitrogens is 3.